The van der Waals surface area contributed by atoms with E-state index in [1.165, 1.54) is 0 Å². The van der Waals surface area contributed by atoms with Crippen molar-refractivity contribution in [3.05, 3.63) is 23.8 Å². The summed E-state index contributed by atoms with van der Waals surface area (Å²) in [6.45, 7) is 0. The number of carbonyl (C=O) groups excluding carboxylic acids is 1. The molecule has 0 unspecified atom stereocenters. The molecule has 0 spiro atoms. The van der Waals surface area contributed by atoms with Crippen LogP contribution in [0, 0.1) is 0 Å². The summed E-state index contributed by atoms with van der Waals surface area (Å²) in [5.41, 5.74) is -0.892. The van der Waals surface area contributed by atoms with Crippen molar-refractivity contribution in [3.8, 4) is 0 Å². The van der Waals surface area contributed by atoms with E-state index in [1.807, 2.05) is 0 Å². The van der Waals surface area contributed by atoms with Crippen LogP contribution in [-0.2, 0) is 20.2 Å². The fourth-order valence-electron chi connectivity index (χ4n) is 0.978. The molecule has 1 rings (SSSR count). The number of hydrogen-bond acceptors (Lipinski definition) is 8. The molecule has 0 aliphatic carbocycles. The van der Waals surface area contributed by atoms with E-state index < -0.39 is 41.6 Å². The Hall–Kier alpha value is 3.42. The number of benzene rings is 1. The van der Waals surface area contributed by atoms with Crippen LogP contribution in [0.3, 0.4) is 0 Å². The molecule has 0 heterocycles. The molecule has 0 N–H and O–H groups in total. The standard InChI is InChI=1S/C7H6O8S2.3K/c8-7(9)4-1-5(16(10,11)12)3-6(2-4)17(13,14)15;;;/h1-3H,(H,8,9)(H,10,11,12)(H,13,14,15);;;/q;3*+1/p-3. The number of carboxylic acid groups (broad SMARTS) is 1. The van der Waals surface area contributed by atoms with Crippen LogP contribution in [0.2, 0.25) is 0 Å². The maximum Gasteiger partial charge on any atom is 1.00 e. The Labute approximate surface area is 243 Å². The Morgan fingerprint density at radius 2 is 1.10 bits per heavy atom. The molecular weight excluding hydrogens is 393 g/mol. The van der Waals surface area contributed by atoms with Gasteiger partial charge in [-0.25, -0.2) is 16.8 Å². The largest absolute Gasteiger partial charge is 1.00 e. The Morgan fingerprint density at radius 1 is 0.800 bits per heavy atom. The van der Waals surface area contributed by atoms with Crippen molar-refractivity contribution in [1.82, 2.24) is 0 Å². The zero-order valence-corrected chi connectivity index (χ0v) is 21.8. The van der Waals surface area contributed by atoms with Gasteiger partial charge in [-0.15, -0.1) is 0 Å². The monoisotopic (exact) mass is 396 g/mol. The topological polar surface area (TPSA) is 155 Å². The Balaban J connectivity index is -0.000000963. The van der Waals surface area contributed by atoms with Gasteiger partial charge in [0.1, 0.15) is 20.2 Å². The van der Waals surface area contributed by atoms with E-state index in [9.17, 15) is 35.8 Å². The summed E-state index contributed by atoms with van der Waals surface area (Å²) in [4.78, 5) is 8.19. The molecule has 94 valence electrons. The molecule has 20 heavy (non-hydrogen) atoms. The number of aromatic carboxylic acids is 1. The fourth-order valence-corrected chi connectivity index (χ4v) is 2.14. The molecule has 1 aromatic rings. The fraction of sp³-hybridized carbons (Fsp3) is 0. The van der Waals surface area contributed by atoms with E-state index in [1.54, 1.807) is 0 Å². The summed E-state index contributed by atoms with van der Waals surface area (Å²) in [6.07, 6.45) is 0. The summed E-state index contributed by atoms with van der Waals surface area (Å²) < 4.78 is 63.7. The van der Waals surface area contributed by atoms with Crippen molar-refractivity contribution in [2.45, 2.75) is 9.79 Å². The van der Waals surface area contributed by atoms with Gasteiger partial charge in [-0.05, 0) is 23.8 Å². The maximum absolute atomic E-state index is 10.6. The quantitative estimate of drug-likeness (QED) is 0.360. The minimum absolute atomic E-state index is 0. The second kappa shape index (κ2) is 11.1. The maximum atomic E-state index is 10.6. The molecule has 0 radical (unpaired) electrons. The van der Waals surface area contributed by atoms with Crippen molar-refractivity contribution in [3.63, 3.8) is 0 Å². The molecular formula is C7H3K3O8S2. The van der Waals surface area contributed by atoms with E-state index in [0.717, 1.165) is 0 Å². The Kier molecular flexibility index (Phi) is 15.7. The van der Waals surface area contributed by atoms with Gasteiger partial charge in [0.2, 0.25) is 0 Å². The molecule has 0 aliphatic heterocycles. The summed E-state index contributed by atoms with van der Waals surface area (Å²) >= 11 is 0. The van der Waals surface area contributed by atoms with Crippen LogP contribution >= 0.6 is 0 Å². The van der Waals surface area contributed by atoms with Gasteiger partial charge in [0.15, 0.2) is 0 Å². The first-order valence-corrected chi connectivity index (χ1v) is 6.62. The molecule has 0 amide bonds. The van der Waals surface area contributed by atoms with Crippen LogP contribution in [-0.4, -0.2) is 31.9 Å². The van der Waals surface area contributed by atoms with Gasteiger partial charge < -0.3 is 19.0 Å². The molecule has 8 nitrogen and oxygen atoms in total. The van der Waals surface area contributed by atoms with Crippen molar-refractivity contribution in [1.29, 1.82) is 0 Å². The van der Waals surface area contributed by atoms with E-state index in [0.29, 0.717) is 12.1 Å². The number of rotatable bonds is 3. The molecule has 1 aromatic carbocycles. The SMILES string of the molecule is O=C([O-])c1cc(S(=O)(=O)[O-])cc(S(=O)(=O)[O-])c1.[K+].[K+].[K+]. The number of carbonyl (C=O) groups is 1. The normalized spacial score (nSPS) is 10.5. The van der Waals surface area contributed by atoms with Crippen LogP contribution in [0.4, 0.5) is 0 Å². The van der Waals surface area contributed by atoms with E-state index >= 15 is 0 Å². The van der Waals surface area contributed by atoms with Gasteiger partial charge in [0.05, 0.1) is 15.8 Å². The molecule has 0 fully saturated rings. The first kappa shape index (κ1) is 28.2. The van der Waals surface area contributed by atoms with E-state index in [2.05, 4.69) is 0 Å². The van der Waals surface area contributed by atoms with Gasteiger partial charge in [-0.3, -0.25) is 0 Å². The number of hydrogen-bond donors (Lipinski definition) is 0. The van der Waals surface area contributed by atoms with Gasteiger partial charge in [0.25, 0.3) is 0 Å². The van der Waals surface area contributed by atoms with Crippen LogP contribution in [0.15, 0.2) is 28.0 Å². The van der Waals surface area contributed by atoms with Crippen LogP contribution in [0.25, 0.3) is 0 Å². The molecule has 0 saturated heterocycles. The van der Waals surface area contributed by atoms with Crippen LogP contribution in [0.5, 0.6) is 0 Å². The molecule has 0 aliphatic rings. The molecule has 0 atom stereocenters. The zero-order chi connectivity index (χ0) is 13.4. The minimum atomic E-state index is -5.09. The van der Waals surface area contributed by atoms with Gasteiger partial charge >= 0.3 is 154 Å². The number of carboxylic acids is 1. The second-order valence-corrected chi connectivity index (χ2v) is 5.65. The minimum Gasteiger partial charge on any atom is -0.744 e. The van der Waals surface area contributed by atoms with Crippen LogP contribution in [0.1, 0.15) is 10.4 Å². The summed E-state index contributed by atoms with van der Waals surface area (Å²) in [7, 11) is -10.2. The average molecular weight is 397 g/mol. The summed E-state index contributed by atoms with van der Waals surface area (Å²) in [5, 5.41) is 10.5. The molecule has 0 aromatic heterocycles. The Bertz CT molecular complexity index is 632. The third-order valence-electron chi connectivity index (χ3n) is 1.69. The molecule has 0 bridgehead atoms. The predicted octanol–water partition coefficient (Wildman–Crippen LogP) is -11.1. The third kappa shape index (κ3) is 9.05. The van der Waals surface area contributed by atoms with Gasteiger partial charge in [0, 0.05) is 0 Å². The van der Waals surface area contributed by atoms with E-state index in [-0.39, 0.29) is 160 Å². The van der Waals surface area contributed by atoms with Crippen molar-refractivity contribution >= 4 is 26.2 Å². The van der Waals surface area contributed by atoms with Gasteiger partial charge in [-0.1, -0.05) is 0 Å². The predicted molar refractivity (Wildman–Crippen MR) is 46.7 cm³/mol. The van der Waals surface area contributed by atoms with Crippen molar-refractivity contribution < 1.29 is 190 Å². The van der Waals surface area contributed by atoms with Crippen LogP contribution < -0.4 is 159 Å². The zero-order valence-electron chi connectivity index (χ0n) is 10.8. The third-order valence-corrected chi connectivity index (χ3v) is 3.32. The first-order chi connectivity index (χ1) is 7.51. The summed E-state index contributed by atoms with van der Waals surface area (Å²) in [5.74, 6) is -1.92. The Morgan fingerprint density at radius 3 is 1.30 bits per heavy atom. The first-order valence-electron chi connectivity index (χ1n) is 3.80. The average Bonchev–Trinajstić information content (AvgIpc) is 2.14. The van der Waals surface area contributed by atoms with Crippen molar-refractivity contribution in [2.75, 3.05) is 0 Å². The second-order valence-electron chi connectivity index (χ2n) is 2.89. The van der Waals surface area contributed by atoms with E-state index in [4.69, 9.17) is 0 Å². The smallest absolute Gasteiger partial charge is 0.744 e. The molecule has 13 heteroatoms. The molecule has 0 saturated carbocycles. The van der Waals surface area contributed by atoms with Crippen molar-refractivity contribution in [2.24, 2.45) is 0 Å². The van der Waals surface area contributed by atoms with Gasteiger partial charge in [-0.2, -0.15) is 0 Å². The summed E-state index contributed by atoms with van der Waals surface area (Å²) in [6, 6.07) is 1.11.